The lowest BCUT2D eigenvalue weighted by molar-refractivity contribution is -0.118. The molecule has 3 heterocycles. The van der Waals surface area contributed by atoms with Gasteiger partial charge in [-0.2, -0.15) is 0 Å². The second-order valence-electron chi connectivity index (χ2n) is 10.5. The Balaban J connectivity index is 1.59. The molecule has 0 saturated carbocycles. The van der Waals surface area contributed by atoms with Crippen molar-refractivity contribution in [1.29, 1.82) is 0 Å². The van der Waals surface area contributed by atoms with Crippen LogP contribution in [-0.4, -0.2) is 33.6 Å². The van der Waals surface area contributed by atoms with Crippen molar-refractivity contribution < 1.29 is 14.3 Å². The highest BCUT2D eigenvalue weighted by molar-refractivity contribution is 7.80. The Labute approximate surface area is 255 Å². The van der Waals surface area contributed by atoms with E-state index in [9.17, 15) is 9.59 Å². The van der Waals surface area contributed by atoms with E-state index in [1.807, 2.05) is 56.3 Å². The van der Waals surface area contributed by atoms with Crippen LogP contribution >= 0.6 is 23.8 Å². The molecule has 216 valence electrons. The third kappa shape index (κ3) is 5.49. The van der Waals surface area contributed by atoms with Crippen LogP contribution in [-0.2, 0) is 9.53 Å². The number of carbonyl (C=O) groups is 2. The number of nitrogens with one attached hydrogen (secondary N) is 2. The van der Waals surface area contributed by atoms with Gasteiger partial charge in [-0.15, -0.1) is 0 Å². The normalized spacial score (nSPS) is 16.5. The molecule has 8 nitrogen and oxygen atoms in total. The van der Waals surface area contributed by atoms with E-state index in [2.05, 4.69) is 45.0 Å². The molecule has 0 aliphatic carbocycles. The molecular weight excluding hydrogens is 570 g/mol. The van der Waals surface area contributed by atoms with Gasteiger partial charge in [-0.3, -0.25) is 9.78 Å². The number of esters is 1. The Morgan fingerprint density at radius 3 is 2.38 bits per heavy atom. The van der Waals surface area contributed by atoms with Crippen molar-refractivity contribution in [3.8, 4) is 5.69 Å². The zero-order valence-electron chi connectivity index (χ0n) is 24.0. The molecule has 2 atom stereocenters. The lowest BCUT2D eigenvalue weighted by Crippen LogP contribution is -2.29. The lowest BCUT2D eigenvalue weighted by atomic mass is 9.96. The fourth-order valence-electron chi connectivity index (χ4n) is 5.33. The van der Waals surface area contributed by atoms with E-state index in [1.165, 1.54) is 7.11 Å². The van der Waals surface area contributed by atoms with Crippen molar-refractivity contribution in [1.82, 2.24) is 14.9 Å². The molecule has 2 aromatic heterocycles. The number of ether oxygens (including phenoxy) is 1. The van der Waals surface area contributed by atoms with Crippen LogP contribution in [0, 0.1) is 19.8 Å². The average Bonchev–Trinajstić information content (AvgIpc) is 3.48. The number of rotatable bonds is 7. The van der Waals surface area contributed by atoms with Crippen molar-refractivity contribution >= 4 is 52.2 Å². The quantitative estimate of drug-likeness (QED) is 0.180. The summed E-state index contributed by atoms with van der Waals surface area (Å²) in [5, 5.41) is 7.34. The number of pyridine rings is 1. The second-order valence-corrected chi connectivity index (χ2v) is 11.3. The first kappa shape index (κ1) is 29.3. The molecule has 5 rings (SSSR count). The molecule has 2 aromatic carbocycles. The van der Waals surface area contributed by atoms with E-state index in [1.54, 1.807) is 24.4 Å². The summed E-state index contributed by atoms with van der Waals surface area (Å²) in [6, 6.07) is 20.4. The molecule has 10 heteroatoms. The lowest BCUT2D eigenvalue weighted by Gasteiger charge is -2.28. The van der Waals surface area contributed by atoms with Gasteiger partial charge >= 0.3 is 5.97 Å². The predicted octanol–water partition coefficient (Wildman–Crippen LogP) is 6.70. The molecule has 2 N–H and O–H groups in total. The SMILES string of the molecule is COC(=O)c1ccc(-n2c(C)cc(C3C(c4ccccn4)NC(=S)N3c3ccc(NC(=O)C(C)C)c(Cl)c3)c2C)cc1. The van der Waals surface area contributed by atoms with Gasteiger partial charge in [-0.05, 0) is 92.3 Å². The number of thiocarbonyl (C=S) groups is 1. The average molecular weight is 602 g/mol. The fourth-order valence-corrected chi connectivity index (χ4v) is 5.90. The number of methoxy groups -OCH3 is 1. The summed E-state index contributed by atoms with van der Waals surface area (Å²) in [5.41, 5.74) is 6.70. The first-order valence-electron chi connectivity index (χ1n) is 13.6. The number of hydrogen-bond acceptors (Lipinski definition) is 5. The Kier molecular flexibility index (Phi) is 8.34. The number of amides is 1. The van der Waals surface area contributed by atoms with E-state index in [4.69, 9.17) is 28.6 Å². The molecule has 1 amide bonds. The van der Waals surface area contributed by atoms with Crippen LogP contribution in [0.15, 0.2) is 72.9 Å². The topological polar surface area (TPSA) is 88.5 Å². The number of nitrogens with zero attached hydrogens (tertiary/aromatic N) is 3. The predicted molar refractivity (Wildman–Crippen MR) is 169 cm³/mol. The van der Waals surface area contributed by atoms with Crippen LogP contribution in [0.3, 0.4) is 0 Å². The fraction of sp³-hybridized carbons (Fsp3) is 0.250. The highest BCUT2D eigenvalue weighted by Gasteiger charge is 2.42. The van der Waals surface area contributed by atoms with Gasteiger partial charge in [0.2, 0.25) is 5.91 Å². The second kappa shape index (κ2) is 12.0. The van der Waals surface area contributed by atoms with Gasteiger partial charge in [-0.1, -0.05) is 31.5 Å². The molecule has 0 spiro atoms. The van der Waals surface area contributed by atoms with Crippen LogP contribution < -0.4 is 15.5 Å². The standard InChI is InChI=1S/C32H32ClN5O3S/c1-18(2)30(39)35-26-14-13-23(17-25(26)33)38-29(28(36-32(38)42)27-8-6-7-15-34-27)24-16-19(3)37(20(24)4)22-11-9-21(10-12-22)31(40)41-5/h6-18,28-29H,1-5H3,(H,35,39)(H,36,42). The van der Waals surface area contributed by atoms with Gasteiger partial charge in [0.05, 0.1) is 41.2 Å². The molecule has 1 aliphatic heterocycles. The van der Waals surface area contributed by atoms with Crippen LogP contribution in [0.25, 0.3) is 5.69 Å². The van der Waals surface area contributed by atoms with Crippen molar-refractivity contribution in [2.75, 3.05) is 17.3 Å². The Morgan fingerprint density at radius 2 is 1.76 bits per heavy atom. The minimum atomic E-state index is -0.379. The van der Waals surface area contributed by atoms with Gasteiger partial charge in [-0.25, -0.2) is 4.79 Å². The monoisotopic (exact) mass is 601 g/mol. The summed E-state index contributed by atoms with van der Waals surface area (Å²) < 4.78 is 7.01. The first-order chi connectivity index (χ1) is 20.1. The molecule has 42 heavy (non-hydrogen) atoms. The zero-order chi connectivity index (χ0) is 30.1. The molecule has 1 aliphatic rings. The van der Waals surface area contributed by atoms with Crippen LogP contribution in [0.5, 0.6) is 0 Å². The Bertz CT molecular complexity index is 1650. The molecular formula is C32H32ClN5O3S. The molecule has 1 fully saturated rings. The minimum Gasteiger partial charge on any atom is -0.465 e. The number of halogens is 1. The summed E-state index contributed by atoms with van der Waals surface area (Å²) >= 11 is 12.6. The number of benzene rings is 2. The molecule has 2 unspecified atom stereocenters. The van der Waals surface area contributed by atoms with E-state index in [-0.39, 0.29) is 29.9 Å². The smallest absolute Gasteiger partial charge is 0.337 e. The van der Waals surface area contributed by atoms with Gasteiger partial charge in [0.1, 0.15) is 0 Å². The van der Waals surface area contributed by atoms with Crippen molar-refractivity contribution in [2.24, 2.45) is 5.92 Å². The van der Waals surface area contributed by atoms with Crippen molar-refractivity contribution in [3.63, 3.8) is 0 Å². The minimum absolute atomic E-state index is 0.108. The Morgan fingerprint density at radius 1 is 1.05 bits per heavy atom. The van der Waals surface area contributed by atoms with Gasteiger partial charge in [0, 0.05) is 34.9 Å². The third-order valence-electron chi connectivity index (χ3n) is 7.45. The highest BCUT2D eigenvalue weighted by Crippen LogP contribution is 2.44. The summed E-state index contributed by atoms with van der Waals surface area (Å²) in [4.78, 5) is 31.0. The van der Waals surface area contributed by atoms with Crippen LogP contribution in [0.4, 0.5) is 11.4 Å². The number of aromatic nitrogens is 2. The van der Waals surface area contributed by atoms with E-state index in [0.717, 1.165) is 34.0 Å². The van der Waals surface area contributed by atoms with Gasteiger partial charge in [0.25, 0.3) is 0 Å². The third-order valence-corrected chi connectivity index (χ3v) is 8.07. The molecule has 0 radical (unpaired) electrons. The van der Waals surface area contributed by atoms with Crippen LogP contribution in [0.2, 0.25) is 5.02 Å². The summed E-state index contributed by atoms with van der Waals surface area (Å²) in [6.45, 7) is 7.79. The summed E-state index contributed by atoms with van der Waals surface area (Å²) in [5.74, 6) is -0.661. The maximum absolute atomic E-state index is 12.3. The first-order valence-corrected chi connectivity index (χ1v) is 14.4. The van der Waals surface area contributed by atoms with E-state index >= 15 is 0 Å². The van der Waals surface area contributed by atoms with E-state index < -0.39 is 0 Å². The summed E-state index contributed by atoms with van der Waals surface area (Å²) in [6.07, 6.45) is 1.77. The maximum Gasteiger partial charge on any atom is 0.337 e. The largest absolute Gasteiger partial charge is 0.465 e. The number of aryl methyl sites for hydroxylation is 1. The van der Waals surface area contributed by atoms with Gasteiger partial charge < -0.3 is 24.8 Å². The van der Waals surface area contributed by atoms with Crippen molar-refractivity contribution in [3.05, 3.63) is 106 Å². The van der Waals surface area contributed by atoms with Crippen LogP contribution in [0.1, 0.15) is 58.9 Å². The number of hydrogen-bond donors (Lipinski definition) is 2. The highest BCUT2D eigenvalue weighted by atomic mass is 35.5. The maximum atomic E-state index is 12.3. The van der Waals surface area contributed by atoms with Gasteiger partial charge in [0.15, 0.2) is 5.11 Å². The Hall–Kier alpha value is -4.21. The molecule has 0 bridgehead atoms. The summed E-state index contributed by atoms with van der Waals surface area (Å²) in [7, 11) is 1.37. The number of anilines is 2. The number of carbonyl (C=O) groups excluding carboxylic acids is 2. The molecule has 1 saturated heterocycles. The van der Waals surface area contributed by atoms with E-state index in [0.29, 0.717) is 21.4 Å². The zero-order valence-corrected chi connectivity index (χ0v) is 25.6. The van der Waals surface area contributed by atoms with Crippen molar-refractivity contribution in [2.45, 2.75) is 39.8 Å². The molecule has 4 aromatic rings.